The van der Waals surface area contributed by atoms with Crippen LogP contribution in [0.3, 0.4) is 0 Å². The second kappa shape index (κ2) is 9.68. The highest BCUT2D eigenvalue weighted by Crippen LogP contribution is 2.32. The third-order valence-corrected chi connectivity index (χ3v) is 3.65. The Morgan fingerprint density at radius 1 is 1.09 bits per heavy atom. The van der Waals surface area contributed by atoms with Gasteiger partial charge in [-0.2, -0.15) is 0 Å². The number of rotatable bonds is 9. The van der Waals surface area contributed by atoms with E-state index in [2.05, 4.69) is 5.92 Å². The molecule has 0 aliphatic rings. The van der Waals surface area contributed by atoms with Gasteiger partial charge in [-0.15, -0.1) is 12.3 Å². The molecule has 0 bridgehead atoms. The van der Waals surface area contributed by atoms with Crippen LogP contribution in [0, 0.1) is 17.8 Å². The molecular formula is C19H24O4. The average Bonchev–Trinajstić information content (AvgIpc) is 2.55. The topological polar surface area (TPSA) is 52.6 Å². The van der Waals surface area contributed by atoms with Gasteiger partial charge in [-0.05, 0) is 38.7 Å². The Kier molecular flexibility index (Phi) is 7.90. The maximum atomic E-state index is 12.4. The van der Waals surface area contributed by atoms with Crippen LogP contribution in [0.2, 0.25) is 0 Å². The Labute approximate surface area is 138 Å². The zero-order valence-electron chi connectivity index (χ0n) is 13.8. The van der Waals surface area contributed by atoms with Gasteiger partial charge in [0, 0.05) is 6.42 Å². The molecule has 1 rings (SSSR count). The van der Waals surface area contributed by atoms with Gasteiger partial charge in [0.25, 0.3) is 0 Å². The molecule has 0 saturated carbocycles. The quantitative estimate of drug-likeness (QED) is 0.399. The largest absolute Gasteiger partial charge is 0.465 e. The number of aryl methyl sites for hydroxylation is 1. The van der Waals surface area contributed by atoms with Crippen LogP contribution >= 0.6 is 0 Å². The Hall–Kier alpha value is -2.28. The minimum Gasteiger partial charge on any atom is -0.465 e. The van der Waals surface area contributed by atoms with E-state index in [9.17, 15) is 9.59 Å². The van der Waals surface area contributed by atoms with E-state index in [1.54, 1.807) is 13.8 Å². The van der Waals surface area contributed by atoms with Crippen LogP contribution < -0.4 is 0 Å². The molecule has 0 unspecified atom stereocenters. The van der Waals surface area contributed by atoms with Gasteiger partial charge in [-0.3, -0.25) is 9.59 Å². The van der Waals surface area contributed by atoms with Crippen molar-refractivity contribution in [3.8, 4) is 12.3 Å². The summed E-state index contributed by atoms with van der Waals surface area (Å²) in [5, 5.41) is 0. The fourth-order valence-electron chi connectivity index (χ4n) is 2.47. The van der Waals surface area contributed by atoms with E-state index >= 15 is 0 Å². The van der Waals surface area contributed by atoms with Crippen molar-refractivity contribution < 1.29 is 19.1 Å². The summed E-state index contributed by atoms with van der Waals surface area (Å²) in [4.78, 5) is 24.8. The van der Waals surface area contributed by atoms with Gasteiger partial charge in [0.2, 0.25) is 0 Å². The molecule has 0 saturated heterocycles. The molecule has 0 aliphatic heterocycles. The van der Waals surface area contributed by atoms with Crippen molar-refractivity contribution in [1.82, 2.24) is 0 Å². The molecule has 4 nitrogen and oxygen atoms in total. The fourth-order valence-corrected chi connectivity index (χ4v) is 2.47. The molecule has 0 atom stereocenters. The normalized spacial score (nSPS) is 10.7. The molecule has 1 aromatic rings. The number of carbonyl (C=O) groups is 2. The van der Waals surface area contributed by atoms with Crippen LogP contribution in [0.15, 0.2) is 30.3 Å². The van der Waals surface area contributed by atoms with Crippen LogP contribution in [0.4, 0.5) is 0 Å². The van der Waals surface area contributed by atoms with E-state index in [0.717, 1.165) is 12.0 Å². The lowest BCUT2D eigenvalue weighted by Gasteiger charge is -2.27. The average molecular weight is 316 g/mol. The predicted octanol–water partition coefficient (Wildman–Crippen LogP) is 3.15. The maximum absolute atomic E-state index is 12.4. The third-order valence-electron chi connectivity index (χ3n) is 3.65. The van der Waals surface area contributed by atoms with E-state index < -0.39 is 17.4 Å². The molecule has 0 N–H and O–H groups in total. The third kappa shape index (κ3) is 5.14. The van der Waals surface area contributed by atoms with E-state index in [0.29, 0.717) is 12.8 Å². The zero-order chi connectivity index (χ0) is 17.1. The van der Waals surface area contributed by atoms with Crippen LogP contribution in [0.25, 0.3) is 0 Å². The number of esters is 2. The highest BCUT2D eigenvalue weighted by atomic mass is 16.6. The summed E-state index contributed by atoms with van der Waals surface area (Å²) >= 11 is 0. The number of hydrogen-bond acceptors (Lipinski definition) is 4. The second-order valence-electron chi connectivity index (χ2n) is 5.24. The molecule has 1 aromatic carbocycles. The molecule has 124 valence electrons. The van der Waals surface area contributed by atoms with Gasteiger partial charge >= 0.3 is 11.9 Å². The Morgan fingerprint density at radius 2 is 1.65 bits per heavy atom. The van der Waals surface area contributed by atoms with Crippen molar-refractivity contribution >= 4 is 11.9 Å². The molecular weight excluding hydrogens is 292 g/mol. The Morgan fingerprint density at radius 3 is 2.13 bits per heavy atom. The summed E-state index contributed by atoms with van der Waals surface area (Å²) in [5.74, 6) is 1.25. The summed E-state index contributed by atoms with van der Waals surface area (Å²) in [7, 11) is 0. The van der Waals surface area contributed by atoms with Crippen LogP contribution in [0.1, 0.15) is 38.7 Å². The van der Waals surface area contributed by atoms with E-state index in [1.807, 2.05) is 30.3 Å². The number of ether oxygens (including phenoxy) is 2. The first-order valence-corrected chi connectivity index (χ1v) is 7.92. The zero-order valence-corrected chi connectivity index (χ0v) is 13.8. The van der Waals surface area contributed by atoms with Crippen molar-refractivity contribution in [3.05, 3.63) is 35.9 Å². The summed E-state index contributed by atoms with van der Waals surface area (Å²) in [6.45, 7) is 3.80. The van der Waals surface area contributed by atoms with Crippen molar-refractivity contribution in [2.24, 2.45) is 5.41 Å². The van der Waals surface area contributed by atoms with Gasteiger partial charge in [-0.1, -0.05) is 30.3 Å². The lowest BCUT2D eigenvalue weighted by Crippen LogP contribution is -2.42. The van der Waals surface area contributed by atoms with Gasteiger partial charge < -0.3 is 9.47 Å². The number of benzene rings is 1. The van der Waals surface area contributed by atoms with Crippen LogP contribution in [0.5, 0.6) is 0 Å². The first-order chi connectivity index (χ1) is 11.1. The molecule has 0 heterocycles. The highest BCUT2D eigenvalue weighted by molar-refractivity contribution is 6.00. The van der Waals surface area contributed by atoms with Crippen molar-refractivity contribution in [2.45, 2.75) is 39.5 Å². The molecule has 0 aliphatic carbocycles. The smallest absolute Gasteiger partial charge is 0.324 e. The van der Waals surface area contributed by atoms with Crippen molar-refractivity contribution in [2.75, 3.05) is 13.2 Å². The molecule has 4 heteroatoms. The second-order valence-corrected chi connectivity index (χ2v) is 5.24. The summed E-state index contributed by atoms with van der Waals surface area (Å²) in [6.07, 6.45) is 7.09. The first-order valence-electron chi connectivity index (χ1n) is 7.92. The minimum atomic E-state index is -1.41. The Bertz CT molecular complexity index is 524. The SMILES string of the molecule is C#CCC(CCCc1ccccc1)(C(=O)OCC)C(=O)OCC. The first kappa shape index (κ1) is 18.8. The van der Waals surface area contributed by atoms with E-state index in [1.165, 1.54) is 0 Å². The van der Waals surface area contributed by atoms with Gasteiger partial charge in [-0.25, -0.2) is 0 Å². The fraction of sp³-hybridized carbons (Fsp3) is 0.474. The van der Waals surface area contributed by atoms with Gasteiger partial charge in [0.05, 0.1) is 13.2 Å². The van der Waals surface area contributed by atoms with E-state index in [4.69, 9.17) is 15.9 Å². The number of terminal acetylenes is 1. The number of hydrogen-bond donors (Lipinski definition) is 0. The molecule has 0 fully saturated rings. The lowest BCUT2D eigenvalue weighted by atomic mass is 9.79. The summed E-state index contributed by atoms with van der Waals surface area (Å²) in [6, 6.07) is 9.89. The minimum absolute atomic E-state index is 0.0144. The Balaban J connectivity index is 2.89. The monoisotopic (exact) mass is 316 g/mol. The van der Waals surface area contributed by atoms with Gasteiger partial charge in [0.1, 0.15) is 0 Å². The van der Waals surface area contributed by atoms with Gasteiger partial charge in [0.15, 0.2) is 5.41 Å². The standard InChI is InChI=1S/C19H24O4/c1-4-14-19(17(20)22-5-2,18(21)23-6-3)15-10-13-16-11-8-7-9-12-16/h1,7-9,11-12H,5-6,10,13-15H2,2-3H3. The number of carbonyl (C=O) groups excluding carboxylic acids is 2. The molecule has 0 radical (unpaired) electrons. The highest BCUT2D eigenvalue weighted by Gasteiger charge is 2.47. The molecule has 23 heavy (non-hydrogen) atoms. The lowest BCUT2D eigenvalue weighted by molar-refractivity contribution is -0.172. The molecule has 0 spiro atoms. The molecule has 0 amide bonds. The summed E-state index contributed by atoms with van der Waals surface area (Å²) < 4.78 is 10.2. The molecule has 0 aromatic heterocycles. The van der Waals surface area contributed by atoms with E-state index in [-0.39, 0.29) is 19.6 Å². The predicted molar refractivity (Wildman–Crippen MR) is 88.5 cm³/mol. The maximum Gasteiger partial charge on any atom is 0.324 e. The summed E-state index contributed by atoms with van der Waals surface area (Å²) in [5.41, 5.74) is -0.259. The van der Waals surface area contributed by atoms with Crippen molar-refractivity contribution in [3.63, 3.8) is 0 Å². The van der Waals surface area contributed by atoms with Crippen molar-refractivity contribution in [1.29, 1.82) is 0 Å². The van der Waals surface area contributed by atoms with Crippen LogP contribution in [-0.2, 0) is 25.5 Å². The van der Waals surface area contributed by atoms with Crippen LogP contribution in [-0.4, -0.2) is 25.2 Å².